The number of carbonyl (C=O) groups is 1. The van der Waals surface area contributed by atoms with Gasteiger partial charge in [-0.15, -0.1) is 0 Å². The van der Waals surface area contributed by atoms with Crippen LogP contribution in [0.5, 0.6) is 0 Å². The van der Waals surface area contributed by atoms with Crippen LogP contribution in [0.4, 0.5) is 4.39 Å². The van der Waals surface area contributed by atoms with Crippen molar-refractivity contribution in [3.63, 3.8) is 0 Å². The predicted octanol–water partition coefficient (Wildman–Crippen LogP) is 3.49. The van der Waals surface area contributed by atoms with Gasteiger partial charge in [0.25, 0.3) is 5.91 Å². The van der Waals surface area contributed by atoms with Crippen LogP contribution in [0, 0.1) is 5.82 Å². The first-order valence-electron chi connectivity index (χ1n) is 7.41. The molecule has 2 aromatic rings. The lowest BCUT2D eigenvalue weighted by Crippen LogP contribution is -2.41. The van der Waals surface area contributed by atoms with Gasteiger partial charge in [0.15, 0.2) is 0 Å². The van der Waals surface area contributed by atoms with E-state index in [1.807, 2.05) is 32.3 Å². The Hall–Kier alpha value is -1.72. The van der Waals surface area contributed by atoms with Crippen LogP contribution in [0.2, 0.25) is 0 Å². The molecule has 0 aliphatic rings. The van der Waals surface area contributed by atoms with E-state index in [-0.39, 0.29) is 11.9 Å². The topological polar surface area (TPSA) is 32.3 Å². The van der Waals surface area contributed by atoms with Gasteiger partial charge in [-0.1, -0.05) is 30.3 Å². The molecule has 0 heterocycles. The molecule has 122 valence electrons. The van der Waals surface area contributed by atoms with Gasteiger partial charge < -0.3 is 10.2 Å². The summed E-state index contributed by atoms with van der Waals surface area (Å²) in [4.78, 5) is 14.3. The van der Waals surface area contributed by atoms with Crippen molar-refractivity contribution in [1.29, 1.82) is 0 Å². The summed E-state index contributed by atoms with van der Waals surface area (Å²) in [5.41, 5.74) is 1.52. The summed E-state index contributed by atoms with van der Waals surface area (Å²) in [6.07, 6.45) is 0.832. The first kappa shape index (κ1) is 17.6. The zero-order chi connectivity index (χ0) is 16.8. The molecule has 0 spiro atoms. The van der Waals surface area contributed by atoms with Crippen LogP contribution in [0.3, 0.4) is 0 Å². The lowest BCUT2D eigenvalue weighted by atomic mass is 10.0. The molecule has 0 bridgehead atoms. The number of likely N-dealkylation sites (N-methyl/N-ethyl adjacent to an activating group) is 1. The third-order valence-corrected chi connectivity index (χ3v) is 4.41. The van der Waals surface area contributed by atoms with E-state index < -0.39 is 5.82 Å². The largest absolute Gasteiger partial charge is 0.350 e. The predicted molar refractivity (Wildman–Crippen MR) is 94.1 cm³/mol. The number of hydrogen-bond acceptors (Lipinski definition) is 2. The fourth-order valence-electron chi connectivity index (χ4n) is 2.30. The molecular weight excluding hydrogens is 359 g/mol. The summed E-state index contributed by atoms with van der Waals surface area (Å²) in [6.45, 7) is 0.490. The van der Waals surface area contributed by atoms with Crippen molar-refractivity contribution in [1.82, 2.24) is 10.2 Å². The molecule has 1 atom stereocenters. The summed E-state index contributed by atoms with van der Waals surface area (Å²) in [7, 11) is 3.97. The maximum Gasteiger partial charge on any atom is 0.252 e. The van der Waals surface area contributed by atoms with Gasteiger partial charge in [0.05, 0.1) is 5.56 Å². The molecule has 0 aromatic heterocycles. The highest BCUT2D eigenvalue weighted by molar-refractivity contribution is 9.10. The molecule has 1 amide bonds. The number of amides is 1. The molecule has 0 saturated carbocycles. The SMILES string of the molecule is CN(C)[C@@H](CNC(=O)c1cc(F)ccc1Br)Cc1ccccc1. The van der Waals surface area contributed by atoms with E-state index in [4.69, 9.17) is 0 Å². The van der Waals surface area contributed by atoms with Crippen LogP contribution in [0.1, 0.15) is 15.9 Å². The average Bonchev–Trinajstić information content (AvgIpc) is 2.54. The molecular formula is C18H20BrFN2O. The zero-order valence-electron chi connectivity index (χ0n) is 13.2. The molecule has 0 aliphatic heterocycles. The molecule has 1 N–H and O–H groups in total. The van der Waals surface area contributed by atoms with Crippen molar-refractivity contribution in [2.45, 2.75) is 12.5 Å². The molecule has 23 heavy (non-hydrogen) atoms. The Morgan fingerprint density at radius 3 is 2.57 bits per heavy atom. The van der Waals surface area contributed by atoms with E-state index in [9.17, 15) is 9.18 Å². The minimum atomic E-state index is -0.424. The number of carbonyl (C=O) groups excluding carboxylic acids is 1. The van der Waals surface area contributed by atoms with E-state index in [1.54, 1.807) is 0 Å². The standard InChI is InChI=1S/C18H20BrFN2O/c1-22(2)15(10-13-6-4-3-5-7-13)12-21-18(23)16-11-14(20)8-9-17(16)19/h3-9,11,15H,10,12H2,1-2H3,(H,21,23)/t15-/m1/s1. The second-order valence-corrected chi connectivity index (χ2v) is 6.50. The van der Waals surface area contributed by atoms with Gasteiger partial charge in [0.2, 0.25) is 0 Å². The highest BCUT2D eigenvalue weighted by atomic mass is 79.9. The van der Waals surface area contributed by atoms with Crippen LogP contribution in [-0.2, 0) is 6.42 Å². The number of rotatable bonds is 6. The fraction of sp³-hybridized carbons (Fsp3) is 0.278. The van der Waals surface area contributed by atoms with E-state index >= 15 is 0 Å². The molecule has 0 radical (unpaired) electrons. The number of benzene rings is 2. The monoisotopic (exact) mass is 378 g/mol. The van der Waals surface area contributed by atoms with Gasteiger partial charge in [-0.3, -0.25) is 4.79 Å². The van der Waals surface area contributed by atoms with Crippen molar-refractivity contribution >= 4 is 21.8 Å². The number of nitrogens with zero attached hydrogens (tertiary/aromatic N) is 1. The van der Waals surface area contributed by atoms with Gasteiger partial charge in [-0.05, 0) is 60.2 Å². The summed E-state index contributed by atoms with van der Waals surface area (Å²) in [6, 6.07) is 14.4. The lowest BCUT2D eigenvalue weighted by Gasteiger charge is -2.25. The smallest absolute Gasteiger partial charge is 0.252 e. The number of nitrogens with one attached hydrogen (secondary N) is 1. The van der Waals surface area contributed by atoms with E-state index in [1.165, 1.54) is 23.8 Å². The Labute approximate surface area is 144 Å². The van der Waals surface area contributed by atoms with Gasteiger partial charge in [0.1, 0.15) is 5.82 Å². The van der Waals surface area contributed by atoms with E-state index in [2.05, 4.69) is 38.3 Å². The first-order valence-corrected chi connectivity index (χ1v) is 8.20. The Balaban J connectivity index is 2.01. The van der Waals surface area contributed by atoms with Gasteiger partial charge in [-0.2, -0.15) is 0 Å². The van der Waals surface area contributed by atoms with Crippen molar-refractivity contribution in [2.24, 2.45) is 0 Å². The molecule has 0 unspecified atom stereocenters. The normalized spacial score (nSPS) is 12.2. The maximum absolute atomic E-state index is 13.3. The van der Waals surface area contributed by atoms with Crippen LogP contribution in [-0.4, -0.2) is 37.5 Å². The minimum absolute atomic E-state index is 0.161. The highest BCUT2D eigenvalue weighted by Gasteiger charge is 2.16. The van der Waals surface area contributed by atoms with Crippen molar-refractivity contribution in [3.8, 4) is 0 Å². The van der Waals surface area contributed by atoms with Crippen LogP contribution in [0.15, 0.2) is 53.0 Å². The summed E-state index contributed by atoms with van der Waals surface area (Å²) in [5, 5.41) is 2.89. The highest BCUT2D eigenvalue weighted by Crippen LogP contribution is 2.17. The summed E-state index contributed by atoms with van der Waals surface area (Å²) in [5.74, 6) is -0.705. The van der Waals surface area contributed by atoms with Crippen LogP contribution < -0.4 is 5.32 Å². The molecule has 0 saturated heterocycles. The van der Waals surface area contributed by atoms with Gasteiger partial charge >= 0.3 is 0 Å². The quantitative estimate of drug-likeness (QED) is 0.834. The first-order chi connectivity index (χ1) is 11.0. The van der Waals surface area contributed by atoms with E-state index in [0.29, 0.717) is 16.6 Å². The minimum Gasteiger partial charge on any atom is -0.350 e. The van der Waals surface area contributed by atoms with Gasteiger partial charge in [-0.25, -0.2) is 4.39 Å². The second-order valence-electron chi connectivity index (χ2n) is 5.64. The van der Waals surface area contributed by atoms with E-state index in [0.717, 1.165) is 6.42 Å². The average molecular weight is 379 g/mol. The Bertz CT molecular complexity index is 661. The fourth-order valence-corrected chi connectivity index (χ4v) is 2.73. The van der Waals surface area contributed by atoms with Crippen LogP contribution in [0.25, 0.3) is 0 Å². The lowest BCUT2D eigenvalue weighted by molar-refractivity contribution is 0.0940. The maximum atomic E-state index is 13.3. The molecule has 0 fully saturated rings. The Morgan fingerprint density at radius 2 is 1.91 bits per heavy atom. The summed E-state index contributed by atoms with van der Waals surface area (Å²) >= 11 is 3.28. The third-order valence-electron chi connectivity index (χ3n) is 3.72. The zero-order valence-corrected chi connectivity index (χ0v) is 14.8. The van der Waals surface area contributed by atoms with Gasteiger partial charge in [0, 0.05) is 17.1 Å². The summed E-state index contributed by atoms with van der Waals surface area (Å²) < 4.78 is 13.9. The Morgan fingerprint density at radius 1 is 1.22 bits per heavy atom. The molecule has 2 rings (SSSR count). The van der Waals surface area contributed by atoms with Crippen molar-refractivity contribution in [2.75, 3.05) is 20.6 Å². The second kappa shape index (κ2) is 8.22. The van der Waals surface area contributed by atoms with Crippen molar-refractivity contribution < 1.29 is 9.18 Å². The van der Waals surface area contributed by atoms with Crippen LogP contribution >= 0.6 is 15.9 Å². The molecule has 3 nitrogen and oxygen atoms in total. The molecule has 5 heteroatoms. The Kier molecular flexibility index (Phi) is 6.30. The number of hydrogen-bond donors (Lipinski definition) is 1. The molecule has 0 aliphatic carbocycles. The number of halogens is 2. The third kappa shape index (κ3) is 5.15. The molecule has 2 aromatic carbocycles. The van der Waals surface area contributed by atoms with Crippen molar-refractivity contribution in [3.05, 3.63) is 69.9 Å².